The standard InChI is InChI=1S/C41H45F2N5O5/c1-3-29-31(42)12-9-23-17-26(50)20-30(33(23)29)36-35(43)37-34(39(44-36)51-2)38(47-15-5-7-25(49)21-47)46-40(45-37)52-22-41-13-4-8-32(41)48(16-6-14-41)24-18-27-10-11-28(19-24)53-27/h1,9,12,17,20,24-25,27-28,32,49-50H,4-8,10-11,13-16,18-19,21-22H2,2H3. The number of rotatable bonds is 7. The summed E-state index contributed by atoms with van der Waals surface area (Å²) < 4.78 is 50.9. The van der Waals surface area contributed by atoms with Crippen LogP contribution in [0.15, 0.2) is 24.3 Å². The second kappa shape index (κ2) is 13.5. The van der Waals surface area contributed by atoms with Crippen molar-refractivity contribution in [2.24, 2.45) is 5.41 Å². The number of aromatic nitrogens is 3. The van der Waals surface area contributed by atoms with E-state index in [-0.39, 0.29) is 62.7 Å². The number of ether oxygens (including phenoxy) is 3. The maximum Gasteiger partial charge on any atom is 0.319 e. The molecule has 2 aromatic carbocycles. The Morgan fingerprint density at radius 1 is 1.00 bits per heavy atom. The quantitative estimate of drug-likeness (QED) is 0.205. The number of β-amino-alcohol motifs (C(OH)–C–C–N with tert-alkyl or cyclic N) is 1. The third kappa shape index (κ3) is 5.92. The molecule has 4 aliphatic heterocycles. The number of hydrogen-bond acceptors (Lipinski definition) is 10. The molecule has 53 heavy (non-hydrogen) atoms. The molecular weight excluding hydrogens is 680 g/mol. The molecule has 1 aliphatic carbocycles. The van der Waals surface area contributed by atoms with E-state index in [0.717, 1.165) is 64.3 Å². The molecule has 0 radical (unpaired) electrons. The van der Waals surface area contributed by atoms with Crippen LogP contribution >= 0.6 is 0 Å². The predicted molar refractivity (Wildman–Crippen MR) is 196 cm³/mol. The number of halogens is 2. The van der Waals surface area contributed by atoms with E-state index in [1.165, 1.54) is 31.4 Å². The Labute approximate surface area is 307 Å². The van der Waals surface area contributed by atoms with Crippen molar-refractivity contribution in [3.8, 4) is 41.2 Å². The normalized spacial score (nSPS) is 28.7. The summed E-state index contributed by atoms with van der Waals surface area (Å²) in [4.78, 5) is 18.9. The molecule has 6 heterocycles. The average molecular weight is 726 g/mol. The number of phenolic OH excluding ortho intramolecular Hbond substituents is 1. The number of anilines is 1. The van der Waals surface area contributed by atoms with Crippen molar-refractivity contribution < 1.29 is 33.2 Å². The van der Waals surface area contributed by atoms with Gasteiger partial charge in [0.25, 0.3) is 0 Å². The van der Waals surface area contributed by atoms with Gasteiger partial charge in [0.05, 0.1) is 37.6 Å². The summed E-state index contributed by atoms with van der Waals surface area (Å²) in [7, 11) is 1.42. The van der Waals surface area contributed by atoms with Gasteiger partial charge >= 0.3 is 6.01 Å². The van der Waals surface area contributed by atoms with E-state index in [1.807, 2.05) is 4.90 Å². The van der Waals surface area contributed by atoms with E-state index in [9.17, 15) is 10.2 Å². The molecule has 2 bridgehead atoms. The molecule has 0 amide bonds. The highest BCUT2D eigenvalue weighted by molar-refractivity contribution is 6.04. The van der Waals surface area contributed by atoms with Crippen LogP contribution in [-0.4, -0.2) is 93.8 Å². The second-order valence-electron chi connectivity index (χ2n) is 15.7. The number of nitrogens with zero attached hydrogens (tertiary/aromatic N) is 5. The van der Waals surface area contributed by atoms with Gasteiger partial charge in [-0.25, -0.2) is 13.8 Å². The van der Waals surface area contributed by atoms with Crippen LogP contribution in [0.5, 0.6) is 17.6 Å². The van der Waals surface area contributed by atoms with Gasteiger partial charge in [0.1, 0.15) is 34.0 Å². The van der Waals surface area contributed by atoms with Gasteiger partial charge in [-0.1, -0.05) is 18.4 Å². The van der Waals surface area contributed by atoms with Crippen molar-refractivity contribution in [3.05, 3.63) is 41.5 Å². The Morgan fingerprint density at radius 2 is 1.81 bits per heavy atom. The third-order valence-electron chi connectivity index (χ3n) is 12.6. The van der Waals surface area contributed by atoms with Crippen LogP contribution < -0.4 is 14.4 Å². The first-order valence-corrected chi connectivity index (χ1v) is 19.1. The molecule has 5 unspecified atom stereocenters. The minimum atomic E-state index is -0.819. The zero-order valence-corrected chi connectivity index (χ0v) is 30.0. The van der Waals surface area contributed by atoms with Gasteiger partial charge in [-0.15, -0.1) is 6.42 Å². The van der Waals surface area contributed by atoms with Crippen molar-refractivity contribution >= 4 is 27.5 Å². The number of hydrogen-bond donors (Lipinski definition) is 2. The Hall–Kier alpha value is -4.31. The summed E-state index contributed by atoms with van der Waals surface area (Å²) in [5.74, 6) is 1.15. The Morgan fingerprint density at radius 3 is 2.58 bits per heavy atom. The number of likely N-dealkylation sites (tertiary alicyclic amines) is 1. The van der Waals surface area contributed by atoms with Crippen LogP contribution in [0, 0.1) is 29.4 Å². The zero-order valence-electron chi connectivity index (χ0n) is 30.0. The van der Waals surface area contributed by atoms with E-state index >= 15 is 8.78 Å². The highest BCUT2D eigenvalue weighted by atomic mass is 19.1. The first-order chi connectivity index (χ1) is 25.7. The fourth-order valence-corrected chi connectivity index (χ4v) is 10.3. The number of methoxy groups -OCH3 is 1. The van der Waals surface area contributed by atoms with E-state index in [2.05, 4.69) is 15.8 Å². The van der Waals surface area contributed by atoms with Gasteiger partial charge in [-0.2, -0.15) is 9.97 Å². The number of fused-ring (bicyclic) bond motifs is 5. The van der Waals surface area contributed by atoms with Gasteiger partial charge in [-0.3, -0.25) is 4.90 Å². The van der Waals surface area contributed by atoms with Gasteiger partial charge in [0.15, 0.2) is 5.82 Å². The monoisotopic (exact) mass is 725 g/mol. The number of phenols is 1. The average Bonchev–Trinajstić information content (AvgIpc) is 3.75. The predicted octanol–water partition coefficient (Wildman–Crippen LogP) is 6.50. The molecule has 2 N–H and O–H groups in total. The highest BCUT2D eigenvalue weighted by Gasteiger charge is 2.51. The van der Waals surface area contributed by atoms with Crippen LogP contribution in [0.4, 0.5) is 14.6 Å². The SMILES string of the molecule is C#Cc1c(F)ccc2cc(O)cc(-c3nc(OC)c4c(N5CCCC(O)C5)nc(OCC56CCCC5N(C5CC7CCC(C5)O7)CCC6)nc4c3F)c12. The highest BCUT2D eigenvalue weighted by Crippen LogP contribution is 2.51. The van der Waals surface area contributed by atoms with E-state index in [1.54, 1.807) is 0 Å². The van der Waals surface area contributed by atoms with Crippen LogP contribution in [0.2, 0.25) is 0 Å². The van der Waals surface area contributed by atoms with Gasteiger partial charge < -0.3 is 29.3 Å². The van der Waals surface area contributed by atoms with Crippen molar-refractivity contribution in [2.45, 2.75) is 101 Å². The number of piperidine rings is 2. The molecule has 2 aromatic heterocycles. The number of pyridine rings is 1. The molecule has 5 aliphatic rings. The Bertz CT molecular complexity index is 2120. The summed E-state index contributed by atoms with van der Waals surface area (Å²) in [5, 5.41) is 22.3. The number of terminal acetylenes is 1. The smallest absolute Gasteiger partial charge is 0.319 e. The lowest BCUT2D eigenvalue weighted by atomic mass is 9.74. The van der Waals surface area contributed by atoms with E-state index in [0.29, 0.717) is 61.5 Å². The van der Waals surface area contributed by atoms with Crippen molar-refractivity contribution in [1.29, 1.82) is 0 Å². The van der Waals surface area contributed by atoms with Crippen molar-refractivity contribution in [3.63, 3.8) is 0 Å². The van der Waals surface area contributed by atoms with Crippen LogP contribution in [0.25, 0.3) is 32.9 Å². The first-order valence-electron chi connectivity index (χ1n) is 19.1. The lowest BCUT2D eigenvalue weighted by Crippen LogP contribution is -2.57. The number of aliphatic hydroxyl groups excluding tert-OH is 1. The molecule has 1 saturated carbocycles. The molecule has 9 rings (SSSR count). The third-order valence-corrected chi connectivity index (χ3v) is 12.6. The molecule has 278 valence electrons. The largest absolute Gasteiger partial charge is 0.508 e. The van der Waals surface area contributed by atoms with Gasteiger partial charge in [0.2, 0.25) is 5.88 Å². The molecule has 12 heteroatoms. The van der Waals surface area contributed by atoms with E-state index in [4.69, 9.17) is 30.6 Å². The zero-order chi connectivity index (χ0) is 36.4. The Kier molecular flexibility index (Phi) is 8.79. The maximum atomic E-state index is 17.2. The van der Waals surface area contributed by atoms with Crippen molar-refractivity contribution in [1.82, 2.24) is 19.9 Å². The minimum absolute atomic E-state index is 0.0306. The molecule has 10 nitrogen and oxygen atoms in total. The number of aliphatic hydroxyl groups is 1. The molecule has 5 atom stereocenters. The number of benzene rings is 2. The molecule has 0 spiro atoms. The second-order valence-corrected chi connectivity index (χ2v) is 15.7. The maximum absolute atomic E-state index is 17.2. The molecule has 4 aromatic rings. The van der Waals surface area contributed by atoms with Crippen LogP contribution in [-0.2, 0) is 4.74 Å². The lowest BCUT2D eigenvalue weighted by molar-refractivity contribution is -0.0798. The molecular formula is C41H45F2N5O5. The summed E-state index contributed by atoms with van der Waals surface area (Å²) >= 11 is 0. The van der Waals surface area contributed by atoms with Gasteiger partial charge in [0, 0.05) is 41.5 Å². The lowest BCUT2D eigenvalue weighted by Gasteiger charge is -2.50. The van der Waals surface area contributed by atoms with Crippen LogP contribution in [0.3, 0.4) is 0 Å². The fraction of sp³-hybridized carbons (Fsp3) is 0.537. The summed E-state index contributed by atoms with van der Waals surface area (Å²) in [6.45, 7) is 2.34. The topological polar surface area (TPSA) is 113 Å². The fourth-order valence-electron chi connectivity index (χ4n) is 10.3. The van der Waals surface area contributed by atoms with Crippen LogP contribution in [0.1, 0.15) is 76.2 Å². The summed E-state index contributed by atoms with van der Waals surface area (Å²) in [6, 6.07) is 6.39. The summed E-state index contributed by atoms with van der Waals surface area (Å²) in [6.07, 6.45) is 17.1. The van der Waals surface area contributed by atoms with Crippen molar-refractivity contribution in [2.75, 3.05) is 38.3 Å². The first kappa shape index (κ1) is 34.5. The van der Waals surface area contributed by atoms with E-state index < -0.39 is 17.7 Å². The molecule has 4 saturated heterocycles. The summed E-state index contributed by atoms with van der Waals surface area (Å²) in [5.41, 5.74) is -0.365. The van der Waals surface area contributed by atoms with Gasteiger partial charge in [-0.05, 0) is 94.3 Å². The Balaban J connectivity index is 1.14. The molecule has 5 fully saturated rings. The minimum Gasteiger partial charge on any atom is -0.508 e. The number of aromatic hydroxyl groups is 1.